The van der Waals surface area contributed by atoms with Crippen LogP contribution in [0.2, 0.25) is 0 Å². The van der Waals surface area contributed by atoms with Crippen LogP contribution in [0.25, 0.3) is 17.0 Å². The number of carbonyl (C=O) groups excluding carboxylic acids is 1. The first-order valence-corrected chi connectivity index (χ1v) is 8.46. The first-order chi connectivity index (χ1) is 12.8. The molecule has 3 heterocycles. The SMILES string of the molecule is Cc1ccc2nc(NC(=O)CC3CC(F)(F)C3)n(-c3ccc(F)cn3)c2n1. The fourth-order valence-electron chi connectivity index (χ4n) is 3.22. The highest BCUT2D eigenvalue weighted by Crippen LogP contribution is 2.44. The molecule has 1 N–H and O–H groups in total. The van der Waals surface area contributed by atoms with Crippen molar-refractivity contribution in [3.8, 4) is 5.82 Å². The first-order valence-electron chi connectivity index (χ1n) is 8.46. The number of alkyl halides is 2. The second-order valence-electron chi connectivity index (χ2n) is 6.78. The third-order valence-electron chi connectivity index (χ3n) is 4.48. The van der Waals surface area contributed by atoms with Crippen molar-refractivity contribution >= 4 is 23.0 Å². The summed E-state index contributed by atoms with van der Waals surface area (Å²) in [5, 5.41) is 2.65. The highest BCUT2D eigenvalue weighted by atomic mass is 19.3. The van der Waals surface area contributed by atoms with Gasteiger partial charge in [-0.15, -0.1) is 0 Å². The quantitative estimate of drug-likeness (QED) is 0.756. The molecule has 1 aliphatic carbocycles. The van der Waals surface area contributed by atoms with Gasteiger partial charge in [0.1, 0.15) is 17.2 Å². The van der Waals surface area contributed by atoms with Crippen LogP contribution in [0.3, 0.4) is 0 Å². The Kier molecular flexibility index (Phi) is 4.09. The van der Waals surface area contributed by atoms with Gasteiger partial charge in [-0.3, -0.25) is 10.1 Å². The average Bonchev–Trinajstić information content (AvgIpc) is 2.91. The van der Waals surface area contributed by atoms with Crippen LogP contribution in [0.15, 0.2) is 30.5 Å². The van der Waals surface area contributed by atoms with E-state index in [0.717, 1.165) is 11.9 Å². The van der Waals surface area contributed by atoms with Crippen molar-refractivity contribution in [2.75, 3.05) is 5.32 Å². The fourth-order valence-corrected chi connectivity index (χ4v) is 3.22. The number of hydrogen-bond acceptors (Lipinski definition) is 4. The second kappa shape index (κ2) is 6.33. The molecule has 1 fully saturated rings. The Bertz CT molecular complexity index is 1010. The highest BCUT2D eigenvalue weighted by Gasteiger charge is 2.45. The van der Waals surface area contributed by atoms with Gasteiger partial charge in [-0.1, -0.05) is 0 Å². The van der Waals surface area contributed by atoms with E-state index in [4.69, 9.17) is 0 Å². The summed E-state index contributed by atoms with van der Waals surface area (Å²) in [6.45, 7) is 1.81. The highest BCUT2D eigenvalue weighted by molar-refractivity contribution is 5.91. The maximum Gasteiger partial charge on any atom is 0.248 e. The van der Waals surface area contributed by atoms with Gasteiger partial charge in [0.05, 0.1) is 6.20 Å². The summed E-state index contributed by atoms with van der Waals surface area (Å²) < 4.78 is 40.7. The van der Waals surface area contributed by atoms with E-state index in [0.29, 0.717) is 17.0 Å². The van der Waals surface area contributed by atoms with Gasteiger partial charge in [0.25, 0.3) is 0 Å². The topological polar surface area (TPSA) is 72.7 Å². The molecule has 0 bridgehead atoms. The molecule has 1 amide bonds. The Hall–Kier alpha value is -2.97. The second-order valence-corrected chi connectivity index (χ2v) is 6.78. The third kappa shape index (κ3) is 3.49. The summed E-state index contributed by atoms with van der Waals surface area (Å²) in [5.41, 5.74) is 1.72. The van der Waals surface area contributed by atoms with Crippen molar-refractivity contribution < 1.29 is 18.0 Å². The van der Waals surface area contributed by atoms with Gasteiger partial charge < -0.3 is 0 Å². The summed E-state index contributed by atoms with van der Waals surface area (Å²) in [5.74, 6) is -3.42. The normalized spacial score (nSPS) is 16.3. The number of aryl methyl sites for hydroxylation is 1. The summed E-state index contributed by atoms with van der Waals surface area (Å²) in [6.07, 6.45) is 0.481. The Labute approximate surface area is 152 Å². The van der Waals surface area contributed by atoms with E-state index in [1.54, 1.807) is 12.1 Å². The lowest BCUT2D eigenvalue weighted by molar-refractivity contribution is -0.129. The molecule has 3 aromatic rings. The molecular weight excluding hydrogens is 359 g/mol. The van der Waals surface area contributed by atoms with E-state index in [2.05, 4.69) is 20.3 Å². The molecule has 0 saturated heterocycles. The molecule has 1 aliphatic rings. The Morgan fingerprint density at radius 2 is 2.04 bits per heavy atom. The van der Waals surface area contributed by atoms with Gasteiger partial charge in [0.15, 0.2) is 5.65 Å². The molecule has 0 unspecified atom stereocenters. The predicted octanol–water partition coefficient (Wildman–Crippen LogP) is 3.64. The number of anilines is 1. The van der Waals surface area contributed by atoms with Crippen molar-refractivity contribution in [3.05, 3.63) is 42.0 Å². The summed E-state index contributed by atoms with van der Waals surface area (Å²) >= 11 is 0. The number of fused-ring (bicyclic) bond motifs is 1. The van der Waals surface area contributed by atoms with Crippen molar-refractivity contribution in [1.29, 1.82) is 0 Å². The molecule has 0 aromatic carbocycles. The number of hydrogen-bond donors (Lipinski definition) is 1. The average molecular weight is 375 g/mol. The van der Waals surface area contributed by atoms with Gasteiger partial charge >= 0.3 is 0 Å². The van der Waals surface area contributed by atoms with E-state index in [-0.39, 0.29) is 31.1 Å². The van der Waals surface area contributed by atoms with Gasteiger partial charge in [-0.25, -0.2) is 32.7 Å². The van der Waals surface area contributed by atoms with Crippen molar-refractivity contribution in [2.24, 2.45) is 5.92 Å². The zero-order chi connectivity index (χ0) is 19.2. The molecule has 140 valence electrons. The van der Waals surface area contributed by atoms with Crippen LogP contribution in [-0.2, 0) is 4.79 Å². The fraction of sp³-hybridized carbons (Fsp3) is 0.333. The number of carbonyl (C=O) groups is 1. The van der Waals surface area contributed by atoms with Crippen molar-refractivity contribution in [2.45, 2.75) is 32.1 Å². The molecule has 0 radical (unpaired) electrons. The summed E-state index contributed by atoms with van der Waals surface area (Å²) in [4.78, 5) is 25.1. The predicted molar refractivity (Wildman–Crippen MR) is 92.3 cm³/mol. The lowest BCUT2D eigenvalue weighted by Gasteiger charge is -2.34. The Morgan fingerprint density at radius 3 is 2.70 bits per heavy atom. The molecule has 27 heavy (non-hydrogen) atoms. The molecule has 4 rings (SSSR count). The third-order valence-corrected chi connectivity index (χ3v) is 4.48. The van der Waals surface area contributed by atoms with E-state index in [1.807, 2.05) is 6.92 Å². The molecule has 3 aromatic heterocycles. The molecule has 0 spiro atoms. The van der Waals surface area contributed by atoms with Crippen LogP contribution in [0.1, 0.15) is 25.0 Å². The van der Waals surface area contributed by atoms with Crippen LogP contribution in [0, 0.1) is 18.7 Å². The standard InChI is InChI=1S/C18H16F3N5O/c1-10-2-4-13-16(23-10)26(14-5-3-12(19)9-22-14)17(24-13)25-15(27)6-11-7-18(20,21)8-11/h2-5,9,11H,6-8H2,1H3,(H,24,25,27). The minimum atomic E-state index is -2.67. The summed E-state index contributed by atoms with van der Waals surface area (Å²) in [7, 11) is 0. The Balaban J connectivity index is 1.66. The van der Waals surface area contributed by atoms with Crippen LogP contribution >= 0.6 is 0 Å². The largest absolute Gasteiger partial charge is 0.296 e. The number of nitrogens with zero attached hydrogens (tertiary/aromatic N) is 4. The number of aromatic nitrogens is 4. The summed E-state index contributed by atoms with van der Waals surface area (Å²) in [6, 6.07) is 6.22. The maximum absolute atomic E-state index is 13.2. The van der Waals surface area contributed by atoms with Crippen molar-refractivity contribution in [3.63, 3.8) is 0 Å². The van der Waals surface area contributed by atoms with E-state index >= 15 is 0 Å². The smallest absolute Gasteiger partial charge is 0.248 e. The Morgan fingerprint density at radius 1 is 1.26 bits per heavy atom. The molecule has 0 atom stereocenters. The number of amides is 1. The monoisotopic (exact) mass is 375 g/mol. The lowest BCUT2D eigenvalue weighted by Crippen LogP contribution is -2.37. The lowest BCUT2D eigenvalue weighted by atomic mass is 9.79. The van der Waals surface area contributed by atoms with E-state index in [1.165, 1.54) is 16.7 Å². The van der Waals surface area contributed by atoms with Gasteiger partial charge in [-0.05, 0) is 37.1 Å². The number of rotatable bonds is 4. The van der Waals surface area contributed by atoms with Crippen LogP contribution < -0.4 is 5.32 Å². The van der Waals surface area contributed by atoms with Crippen LogP contribution in [0.5, 0.6) is 0 Å². The molecule has 0 aliphatic heterocycles. The first kappa shape index (κ1) is 17.4. The minimum Gasteiger partial charge on any atom is -0.296 e. The van der Waals surface area contributed by atoms with Crippen LogP contribution in [-0.4, -0.2) is 31.3 Å². The van der Waals surface area contributed by atoms with Gasteiger partial charge in [0.2, 0.25) is 17.8 Å². The van der Waals surface area contributed by atoms with Crippen molar-refractivity contribution in [1.82, 2.24) is 19.5 Å². The molecule has 1 saturated carbocycles. The number of nitrogens with one attached hydrogen (secondary N) is 1. The zero-order valence-corrected chi connectivity index (χ0v) is 14.4. The zero-order valence-electron chi connectivity index (χ0n) is 14.4. The number of halogens is 3. The van der Waals surface area contributed by atoms with E-state index in [9.17, 15) is 18.0 Å². The number of pyridine rings is 2. The molecule has 6 nitrogen and oxygen atoms in total. The van der Waals surface area contributed by atoms with Gasteiger partial charge in [0, 0.05) is 25.0 Å². The van der Waals surface area contributed by atoms with Crippen LogP contribution in [0.4, 0.5) is 19.1 Å². The van der Waals surface area contributed by atoms with Gasteiger partial charge in [-0.2, -0.15) is 0 Å². The molecule has 9 heteroatoms. The minimum absolute atomic E-state index is 0.0118. The molecular formula is C18H16F3N5O. The maximum atomic E-state index is 13.2. The number of imidazole rings is 1. The van der Waals surface area contributed by atoms with E-state index < -0.39 is 17.6 Å².